The summed E-state index contributed by atoms with van der Waals surface area (Å²) in [5.74, 6) is -0.0491. The van der Waals surface area contributed by atoms with Crippen molar-refractivity contribution in [1.82, 2.24) is 10.3 Å². The molecule has 1 aliphatic carbocycles. The van der Waals surface area contributed by atoms with Crippen molar-refractivity contribution in [2.45, 2.75) is 51.6 Å². The molecule has 1 aliphatic heterocycles. The second kappa shape index (κ2) is 7.64. The monoisotopic (exact) mass is 409 g/mol. The van der Waals surface area contributed by atoms with Gasteiger partial charge in [0, 0.05) is 23.2 Å². The Kier molecular flexibility index (Phi) is 5.17. The highest BCUT2D eigenvalue weighted by molar-refractivity contribution is 6.31. The van der Waals surface area contributed by atoms with Crippen molar-refractivity contribution >= 4 is 29.1 Å². The zero-order chi connectivity index (χ0) is 20.7. The molecule has 150 valence electrons. The molecule has 0 unspecified atom stereocenters. The number of rotatable bonds is 4. The van der Waals surface area contributed by atoms with Gasteiger partial charge in [-0.2, -0.15) is 0 Å². The molecule has 0 saturated heterocycles. The maximum Gasteiger partial charge on any atom is 0.259 e. The maximum atomic E-state index is 13.4. The Morgan fingerprint density at radius 3 is 2.86 bits per heavy atom. The smallest absolute Gasteiger partial charge is 0.259 e. The first kappa shape index (κ1) is 19.6. The molecule has 2 amide bonds. The summed E-state index contributed by atoms with van der Waals surface area (Å²) in [7, 11) is 0. The summed E-state index contributed by atoms with van der Waals surface area (Å²) in [5.41, 5.74) is 5.25. The first-order chi connectivity index (χ1) is 13.9. The number of hydrogen-bond donors (Lipinski definition) is 1. The summed E-state index contributed by atoms with van der Waals surface area (Å²) in [4.78, 5) is 31.6. The molecule has 4 rings (SSSR count). The van der Waals surface area contributed by atoms with Crippen LogP contribution in [-0.2, 0) is 11.2 Å². The number of nitrogens with zero attached hydrogens (tertiary/aromatic N) is 2. The van der Waals surface area contributed by atoms with Crippen LogP contribution in [0.3, 0.4) is 0 Å². The molecule has 0 fully saturated rings. The fraction of sp³-hybridized carbons (Fsp3) is 0.348. The summed E-state index contributed by atoms with van der Waals surface area (Å²) in [6.45, 7) is 7.91. The highest BCUT2D eigenvalue weighted by Gasteiger charge is 2.40. The van der Waals surface area contributed by atoms with Crippen molar-refractivity contribution in [3.05, 3.63) is 70.0 Å². The van der Waals surface area contributed by atoms with Crippen LogP contribution in [0.15, 0.2) is 42.7 Å². The van der Waals surface area contributed by atoms with Gasteiger partial charge in [0.25, 0.3) is 5.91 Å². The largest absolute Gasteiger partial charge is 0.349 e. The van der Waals surface area contributed by atoms with Gasteiger partial charge in [0.05, 0.1) is 24.0 Å². The lowest BCUT2D eigenvalue weighted by Crippen LogP contribution is -2.33. The zero-order valence-corrected chi connectivity index (χ0v) is 17.4. The predicted octanol–water partition coefficient (Wildman–Crippen LogP) is 4.92. The first-order valence-electron chi connectivity index (χ1n) is 9.97. The molecule has 2 aromatic rings. The average molecular weight is 410 g/mol. The van der Waals surface area contributed by atoms with Gasteiger partial charge in [-0.1, -0.05) is 30.7 Å². The second-order valence-corrected chi connectivity index (χ2v) is 8.18. The Labute approximate surface area is 175 Å². The molecule has 0 saturated carbocycles. The highest BCUT2D eigenvalue weighted by atomic mass is 35.5. The molecule has 0 radical (unpaired) electrons. The lowest BCUT2D eigenvalue weighted by Gasteiger charge is -2.32. The SMILES string of the molecule is C=C(C)[C@H]1c2cc(Cl)ccc2C(=O)N1c1cncc2c1CCC[C@H]2NC(=O)CC. The van der Waals surface area contributed by atoms with E-state index >= 15 is 0 Å². The first-order valence-corrected chi connectivity index (χ1v) is 10.3. The van der Waals surface area contributed by atoms with Crippen molar-refractivity contribution in [2.24, 2.45) is 0 Å². The Bertz CT molecular complexity index is 1020. The third kappa shape index (κ3) is 3.33. The highest BCUT2D eigenvalue weighted by Crippen LogP contribution is 2.45. The lowest BCUT2D eigenvalue weighted by atomic mass is 9.87. The van der Waals surface area contributed by atoms with Gasteiger partial charge in [-0.05, 0) is 61.1 Å². The van der Waals surface area contributed by atoms with Crippen molar-refractivity contribution in [2.75, 3.05) is 4.90 Å². The van der Waals surface area contributed by atoms with E-state index in [1.165, 1.54) is 0 Å². The number of carbonyl (C=O) groups is 2. The Morgan fingerprint density at radius 1 is 1.34 bits per heavy atom. The van der Waals surface area contributed by atoms with E-state index in [0.29, 0.717) is 17.0 Å². The van der Waals surface area contributed by atoms with Crippen molar-refractivity contribution < 1.29 is 9.59 Å². The Balaban J connectivity index is 1.81. The van der Waals surface area contributed by atoms with Gasteiger partial charge in [0.1, 0.15) is 0 Å². The minimum atomic E-state index is -0.282. The lowest BCUT2D eigenvalue weighted by molar-refractivity contribution is -0.121. The minimum absolute atomic E-state index is 0.0207. The van der Waals surface area contributed by atoms with Crippen LogP contribution in [0, 0.1) is 0 Å². The number of pyridine rings is 1. The number of anilines is 1. The van der Waals surface area contributed by atoms with Crippen LogP contribution in [-0.4, -0.2) is 16.8 Å². The molecule has 1 aromatic carbocycles. The van der Waals surface area contributed by atoms with Gasteiger partial charge in [-0.3, -0.25) is 19.5 Å². The number of aromatic nitrogens is 1. The van der Waals surface area contributed by atoms with Crippen LogP contribution in [0.1, 0.15) is 72.2 Å². The molecule has 29 heavy (non-hydrogen) atoms. The van der Waals surface area contributed by atoms with Gasteiger partial charge in [0.2, 0.25) is 5.91 Å². The molecule has 2 heterocycles. The predicted molar refractivity (Wildman–Crippen MR) is 114 cm³/mol. The molecule has 0 bridgehead atoms. The molecule has 2 atom stereocenters. The van der Waals surface area contributed by atoms with Crippen LogP contribution < -0.4 is 10.2 Å². The number of fused-ring (bicyclic) bond motifs is 2. The number of benzene rings is 1. The molecule has 1 N–H and O–H groups in total. The third-order valence-corrected chi connectivity index (χ3v) is 6.00. The summed E-state index contributed by atoms with van der Waals surface area (Å²) in [5, 5.41) is 3.69. The van der Waals surface area contributed by atoms with Crippen LogP contribution in [0.4, 0.5) is 5.69 Å². The quantitative estimate of drug-likeness (QED) is 0.729. The Morgan fingerprint density at radius 2 is 2.14 bits per heavy atom. The van der Waals surface area contributed by atoms with Gasteiger partial charge in [-0.25, -0.2) is 0 Å². The average Bonchev–Trinajstić information content (AvgIpc) is 2.99. The number of hydrogen-bond acceptors (Lipinski definition) is 3. The van der Waals surface area contributed by atoms with Crippen molar-refractivity contribution in [3.63, 3.8) is 0 Å². The van der Waals surface area contributed by atoms with E-state index in [4.69, 9.17) is 11.6 Å². The standard InChI is InChI=1S/C23H24ClN3O2/c1-4-21(28)26-19-7-5-6-15-18(19)11-25-12-20(15)27-22(13(2)3)17-10-14(24)8-9-16(17)23(27)29/h8-12,19,22H,2,4-7H2,1,3H3,(H,26,28)/t19-,22+/m1/s1. The van der Waals surface area contributed by atoms with Crippen LogP contribution in [0.5, 0.6) is 0 Å². The molecule has 0 spiro atoms. The van der Waals surface area contributed by atoms with Crippen LogP contribution in [0.2, 0.25) is 5.02 Å². The Hall–Kier alpha value is -2.66. The van der Waals surface area contributed by atoms with Gasteiger partial charge >= 0.3 is 0 Å². The van der Waals surface area contributed by atoms with Gasteiger partial charge < -0.3 is 5.32 Å². The topological polar surface area (TPSA) is 62.3 Å². The summed E-state index contributed by atoms with van der Waals surface area (Å²) in [6.07, 6.45) is 6.67. The van der Waals surface area contributed by atoms with E-state index in [-0.39, 0.29) is 23.9 Å². The van der Waals surface area contributed by atoms with Gasteiger partial charge in [-0.15, -0.1) is 0 Å². The van der Waals surface area contributed by atoms with Crippen LogP contribution in [0.25, 0.3) is 0 Å². The normalized spacial score (nSPS) is 20.2. The molecule has 2 aliphatic rings. The summed E-state index contributed by atoms with van der Waals surface area (Å²) < 4.78 is 0. The third-order valence-electron chi connectivity index (χ3n) is 5.76. The summed E-state index contributed by atoms with van der Waals surface area (Å²) in [6, 6.07) is 5.02. The number of carbonyl (C=O) groups excluding carboxylic acids is 2. The van der Waals surface area contributed by atoms with E-state index in [9.17, 15) is 9.59 Å². The zero-order valence-electron chi connectivity index (χ0n) is 16.7. The van der Waals surface area contributed by atoms with E-state index < -0.39 is 0 Å². The van der Waals surface area contributed by atoms with Gasteiger partial charge in [0.15, 0.2) is 0 Å². The second-order valence-electron chi connectivity index (χ2n) is 7.75. The van der Waals surface area contributed by atoms with E-state index in [2.05, 4.69) is 16.9 Å². The molecular weight excluding hydrogens is 386 g/mol. The van der Waals surface area contributed by atoms with E-state index in [0.717, 1.165) is 47.2 Å². The van der Waals surface area contributed by atoms with Crippen molar-refractivity contribution in [1.29, 1.82) is 0 Å². The molecule has 5 nitrogen and oxygen atoms in total. The number of nitrogens with one attached hydrogen (secondary N) is 1. The fourth-order valence-corrected chi connectivity index (χ4v) is 4.61. The van der Waals surface area contributed by atoms with E-state index in [1.54, 1.807) is 23.2 Å². The molecule has 6 heteroatoms. The minimum Gasteiger partial charge on any atom is -0.349 e. The maximum absolute atomic E-state index is 13.4. The molecule has 1 aromatic heterocycles. The van der Waals surface area contributed by atoms with E-state index in [1.807, 2.05) is 26.1 Å². The van der Waals surface area contributed by atoms with Crippen molar-refractivity contribution in [3.8, 4) is 0 Å². The fourth-order valence-electron chi connectivity index (χ4n) is 4.43. The number of halogens is 1. The summed E-state index contributed by atoms with van der Waals surface area (Å²) >= 11 is 6.22. The van der Waals surface area contributed by atoms with Crippen LogP contribution >= 0.6 is 11.6 Å². The number of amides is 2. The molecular formula is C23H24ClN3O2.